The Kier molecular flexibility index (Phi) is 2.10. The molecule has 0 fully saturated rings. The van der Waals surface area contributed by atoms with Crippen molar-refractivity contribution in [2.75, 3.05) is 0 Å². The van der Waals surface area contributed by atoms with Gasteiger partial charge in [0.15, 0.2) is 0 Å². The van der Waals surface area contributed by atoms with E-state index in [-0.39, 0.29) is 0 Å². The molecule has 0 aromatic carbocycles. The molecule has 0 radical (unpaired) electrons. The fourth-order valence-electron chi connectivity index (χ4n) is 1.26. The highest BCUT2D eigenvalue weighted by atomic mass is 14.7. The first-order valence-corrected chi connectivity index (χ1v) is 4.18. The van der Waals surface area contributed by atoms with Crippen LogP contribution in [0.5, 0.6) is 0 Å². The molecule has 0 aliphatic carbocycles. The second-order valence-electron chi connectivity index (χ2n) is 2.87. The van der Waals surface area contributed by atoms with Crippen LogP contribution in [0.25, 0.3) is 11.3 Å². The van der Waals surface area contributed by atoms with Crippen LogP contribution in [0.15, 0.2) is 36.8 Å². The zero-order chi connectivity index (χ0) is 9.10. The van der Waals surface area contributed by atoms with E-state index in [0.29, 0.717) is 6.54 Å². The lowest BCUT2D eigenvalue weighted by atomic mass is 10.1. The van der Waals surface area contributed by atoms with Crippen LogP contribution >= 0.6 is 0 Å². The van der Waals surface area contributed by atoms with Gasteiger partial charge in [0, 0.05) is 36.4 Å². The van der Waals surface area contributed by atoms with Crippen LogP contribution in [0.2, 0.25) is 0 Å². The topological polar surface area (TPSA) is 54.7 Å². The molecular formula is C10H11N3. The Bertz CT molecular complexity index is 379. The molecule has 2 aromatic rings. The molecule has 3 heteroatoms. The molecule has 2 rings (SSSR count). The number of H-pyrrole nitrogens is 1. The van der Waals surface area contributed by atoms with Gasteiger partial charge in [0.25, 0.3) is 0 Å². The van der Waals surface area contributed by atoms with Crippen LogP contribution in [0.3, 0.4) is 0 Å². The molecule has 2 aromatic heterocycles. The lowest BCUT2D eigenvalue weighted by Crippen LogP contribution is -1.96. The molecule has 3 nitrogen and oxygen atoms in total. The van der Waals surface area contributed by atoms with Crippen molar-refractivity contribution in [3.05, 3.63) is 42.4 Å². The maximum Gasteiger partial charge on any atom is 0.0469 e. The van der Waals surface area contributed by atoms with Crippen LogP contribution in [0, 0.1) is 0 Å². The van der Waals surface area contributed by atoms with Crippen molar-refractivity contribution in [2.24, 2.45) is 5.73 Å². The van der Waals surface area contributed by atoms with E-state index in [1.54, 1.807) is 6.20 Å². The van der Waals surface area contributed by atoms with E-state index in [1.807, 2.05) is 30.6 Å². The number of aromatic amines is 1. The fourth-order valence-corrected chi connectivity index (χ4v) is 1.26. The summed E-state index contributed by atoms with van der Waals surface area (Å²) in [6.07, 6.45) is 5.50. The molecule has 0 unspecified atom stereocenters. The summed E-state index contributed by atoms with van der Waals surface area (Å²) in [5.74, 6) is 0. The van der Waals surface area contributed by atoms with E-state index in [0.717, 1.165) is 16.8 Å². The lowest BCUT2D eigenvalue weighted by molar-refractivity contribution is 1.05. The van der Waals surface area contributed by atoms with Crippen molar-refractivity contribution in [2.45, 2.75) is 6.54 Å². The van der Waals surface area contributed by atoms with Gasteiger partial charge in [0.1, 0.15) is 0 Å². The molecule has 3 N–H and O–H groups in total. The Morgan fingerprint density at radius 2 is 2.31 bits per heavy atom. The number of nitrogens with zero attached hydrogens (tertiary/aromatic N) is 1. The summed E-state index contributed by atoms with van der Waals surface area (Å²) >= 11 is 0. The van der Waals surface area contributed by atoms with Crippen molar-refractivity contribution < 1.29 is 0 Å². The van der Waals surface area contributed by atoms with E-state index >= 15 is 0 Å². The van der Waals surface area contributed by atoms with E-state index in [2.05, 4.69) is 9.97 Å². The number of pyridine rings is 1. The predicted molar refractivity (Wildman–Crippen MR) is 51.9 cm³/mol. The first-order chi connectivity index (χ1) is 6.40. The monoisotopic (exact) mass is 173 g/mol. The molecule has 0 spiro atoms. The molecular weight excluding hydrogens is 162 g/mol. The van der Waals surface area contributed by atoms with Gasteiger partial charge in [-0.05, 0) is 23.8 Å². The highest BCUT2D eigenvalue weighted by Crippen LogP contribution is 2.16. The molecule has 0 aliphatic heterocycles. The van der Waals surface area contributed by atoms with Crippen LogP contribution in [0.4, 0.5) is 0 Å². The minimum absolute atomic E-state index is 0.529. The molecule has 13 heavy (non-hydrogen) atoms. The summed E-state index contributed by atoms with van der Waals surface area (Å²) in [5.41, 5.74) is 8.72. The van der Waals surface area contributed by atoms with Crippen LogP contribution in [-0.2, 0) is 6.54 Å². The van der Waals surface area contributed by atoms with Crippen molar-refractivity contribution in [3.63, 3.8) is 0 Å². The predicted octanol–water partition coefficient (Wildman–Crippen LogP) is 1.54. The number of hydrogen-bond acceptors (Lipinski definition) is 2. The quantitative estimate of drug-likeness (QED) is 0.723. The van der Waals surface area contributed by atoms with Crippen LogP contribution < -0.4 is 5.73 Å². The van der Waals surface area contributed by atoms with Gasteiger partial charge in [-0.1, -0.05) is 0 Å². The number of aromatic nitrogens is 2. The van der Waals surface area contributed by atoms with Crippen molar-refractivity contribution >= 4 is 0 Å². The Hall–Kier alpha value is -1.61. The summed E-state index contributed by atoms with van der Waals surface area (Å²) in [6, 6.07) is 6.01. The van der Waals surface area contributed by atoms with Gasteiger partial charge < -0.3 is 10.7 Å². The van der Waals surface area contributed by atoms with E-state index in [4.69, 9.17) is 5.73 Å². The summed E-state index contributed by atoms with van der Waals surface area (Å²) < 4.78 is 0. The second-order valence-corrected chi connectivity index (χ2v) is 2.87. The highest BCUT2D eigenvalue weighted by molar-refractivity contribution is 5.58. The van der Waals surface area contributed by atoms with Gasteiger partial charge in [0.05, 0.1) is 0 Å². The first kappa shape index (κ1) is 8.01. The van der Waals surface area contributed by atoms with Crippen LogP contribution in [-0.4, -0.2) is 9.97 Å². The smallest absolute Gasteiger partial charge is 0.0469 e. The Morgan fingerprint density at radius 3 is 3.00 bits per heavy atom. The van der Waals surface area contributed by atoms with Crippen LogP contribution in [0.1, 0.15) is 5.56 Å². The number of nitrogens with one attached hydrogen (secondary N) is 1. The van der Waals surface area contributed by atoms with Gasteiger partial charge in [-0.15, -0.1) is 0 Å². The first-order valence-electron chi connectivity index (χ1n) is 4.18. The molecule has 0 atom stereocenters. The fraction of sp³-hybridized carbons (Fsp3) is 0.100. The number of rotatable bonds is 2. The summed E-state index contributed by atoms with van der Waals surface area (Å²) in [7, 11) is 0. The van der Waals surface area contributed by atoms with Crippen molar-refractivity contribution in [3.8, 4) is 11.3 Å². The summed E-state index contributed by atoms with van der Waals surface area (Å²) in [6.45, 7) is 0.529. The average Bonchev–Trinajstić information content (AvgIpc) is 2.71. The van der Waals surface area contributed by atoms with Gasteiger partial charge in [-0.2, -0.15) is 0 Å². The van der Waals surface area contributed by atoms with E-state index in [1.165, 1.54) is 0 Å². The van der Waals surface area contributed by atoms with Gasteiger partial charge in [-0.25, -0.2) is 0 Å². The third-order valence-electron chi connectivity index (χ3n) is 1.94. The average molecular weight is 173 g/mol. The summed E-state index contributed by atoms with van der Waals surface area (Å²) in [5, 5.41) is 0. The molecule has 0 amide bonds. The van der Waals surface area contributed by atoms with Gasteiger partial charge in [-0.3, -0.25) is 4.98 Å². The second kappa shape index (κ2) is 3.41. The maximum absolute atomic E-state index is 5.52. The van der Waals surface area contributed by atoms with Gasteiger partial charge in [0.2, 0.25) is 0 Å². The zero-order valence-electron chi connectivity index (χ0n) is 7.20. The normalized spacial score (nSPS) is 10.2. The molecule has 0 aliphatic rings. The Balaban J connectivity index is 2.41. The lowest BCUT2D eigenvalue weighted by Gasteiger charge is -1.99. The number of nitrogens with two attached hydrogens (primary N) is 1. The zero-order valence-corrected chi connectivity index (χ0v) is 7.20. The van der Waals surface area contributed by atoms with Crippen molar-refractivity contribution in [1.29, 1.82) is 0 Å². The molecule has 66 valence electrons. The summed E-state index contributed by atoms with van der Waals surface area (Å²) in [4.78, 5) is 7.24. The van der Waals surface area contributed by atoms with Gasteiger partial charge >= 0.3 is 0 Å². The van der Waals surface area contributed by atoms with E-state index in [9.17, 15) is 0 Å². The third-order valence-corrected chi connectivity index (χ3v) is 1.94. The Morgan fingerprint density at radius 1 is 1.38 bits per heavy atom. The minimum atomic E-state index is 0.529. The molecule has 0 bridgehead atoms. The van der Waals surface area contributed by atoms with Crippen molar-refractivity contribution in [1.82, 2.24) is 9.97 Å². The third kappa shape index (κ3) is 1.60. The largest absolute Gasteiger partial charge is 0.361 e. The molecule has 0 saturated carbocycles. The standard InChI is InChI=1S/C10H11N3/c11-5-8-4-9(7-12-6-8)10-2-1-3-13-10/h1-4,6-7,13H,5,11H2. The number of hydrogen-bond donors (Lipinski definition) is 2. The Labute approximate surface area is 76.6 Å². The molecule has 0 saturated heterocycles. The maximum atomic E-state index is 5.52. The minimum Gasteiger partial charge on any atom is -0.361 e. The SMILES string of the molecule is NCc1cncc(-c2ccc[nH]2)c1. The highest BCUT2D eigenvalue weighted by Gasteiger charge is 1.98. The van der Waals surface area contributed by atoms with E-state index < -0.39 is 0 Å². The molecule has 2 heterocycles.